The Bertz CT molecular complexity index is 721. The molecule has 5 heteroatoms. The summed E-state index contributed by atoms with van der Waals surface area (Å²) in [6.45, 7) is 5.51. The highest BCUT2D eigenvalue weighted by Crippen LogP contribution is 2.24. The first kappa shape index (κ1) is 16.5. The van der Waals surface area contributed by atoms with Gasteiger partial charge in [0.2, 0.25) is 5.91 Å². The Morgan fingerprint density at radius 1 is 1.38 bits per heavy atom. The normalized spacial score (nSPS) is 16.5. The van der Waals surface area contributed by atoms with E-state index in [1.807, 2.05) is 13.0 Å². The van der Waals surface area contributed by atoms with Gasteiger partial charge in [-0.2, -0.15) is 0 Å². The molecule has 126 valence electrons. The average Bonchev–Trinajstić information content (AvgIpc) is 3.02. The summed E-state index contributed by atoms with van der Waals surface area (Å²) in [5, 5.41) is 6.68. The van der Waals surface area contributed by atoms with Crippen LogP contribution in [0.4, 0.5) is 5.82 Å². The summed E-state index contributed by atoms with van der Waals surface area (Å²) in [5.41, 5.74) is 2.63. The first-order valence-corrected chi connectivity index (χ1v) is 8.40. The van der Waals surface area contributed by atoms with Gasteiger partial charge in [0.1, 0.15) is 5.76 Å². The lowest BCUT2D eigenvalue weighted by molar-refractivity contribution is -0.121. The van der Waals surface area contributed by atoms with Gasteiger partial charge in [-0.3, -0.25) is 9.69 Å². The van der Waals surface area contributed by atoms with Crippen molar-refractivity contribution >= 4 is 17.3 Å². The van der Waals surface area contributed by atoms with Crippen molar-refractivity contribution in [3.05, 3.63) is 53.8 Å². The van der Waals surface area contributed by atoms with E-state index in [1.165, 1.54) is 11.1 Å². The molecule has 1 aromatic heterocycles. The molecule has 0 fully saturated rings. The molecule has 0 saturated heterocycles. The van der Waals surface area contributed by atoms with E-state index >= 15 is 0 Å². The van der Waals surface area contributed by atoms with Crippen LogP contribution < -0.4 is 5.32 Å². The minimum Gasteiger partial charge on any atom is -0.360 e. The maximum atomic E-state index is 12.5. The Labute approximate surface area is 142 Å². The van der Waals surface area contributed by atoms with Gasteiger partial charge in [-0.25, -0.2) is 0 Å². The van der Waals surface area contributed by atoms with Gasteiger partial charge in [-0.1, -0.05) is 48.5 Å². The van der Waals surface area contributed by atoms with E-state index in [1.54, 1.807) is 13.0 Å². The zero-order valence-corrected chi connectivity index (χ0v) is 14.2. The highest BCUT2D eigenvalue weighted by Gasteiger charge is 2.26. The van der Waals surface area contributed by atoms with Crippen molar-refractivity contribution in [1.82, 2.24) is 10.1 Å². The Hall–Kier alpha value is -2.40. The molecule has 2 aromatic rings. The van der Waals surface area contributed by atoms with E-state index in [4.69, 9.17) is 4.52 Å². The zero-order chi connectivity index (χ0) is 16.9. The van der Waals surface area contributed by atoms with Crippen molar-refractivity contribution in [3.8, 4) is 0 Å². The number of anilines is 1. The molecule has 1 aliphatic rings. The number of nitrogens with zero attached hydrogens (tertiary/aromatic N) is 2. The summed E-state index contributed by atoms with van der Waals surface area (Å²) in [4.78, 5) is 14.8. The molecule has 0 saturated carbocycles. The summed E-state index contributed by atoms with van der Waals surface area (Å²) in [6, 6.07) is 12.0. The second kappa shape index (κ2) is 7.45. The second-order valence-electron chi connectivity index (χ2n) is 6.08. The Morgan fingerprint density at radius 2 is 2.17 bits per heavy atom. The van der Waals surface area contributed by atoms with Gasteiger partial charge in [-0.05, 0) is 30.9 Å². The molecule has 0 aliphatic carbocycles. The van der Waals surface area contributed by atoms with E-state index in [0.29, 0.717) is 11.6 Å². The number of hydrogen-bond acceptors (Lipinski definition) is 4. The first-order valence-electron chi connectivity index (χ1n) is 8.40. The number of carbonyl (C=O) groups excluding carboxylic acids is 1. The van der Waals surface area contributed by atoms with E-state index in [2.05, 4.69) is 45.7 Å². The van der Waals surface area contributed by atoms with Crippen LogP contribution in [0.5, 0.6) is 0 Å². The smallest absolute Gasteiger partial charge is 0.242 e. The average molecular weight is 325 g/mol. The molecule has 24 heavy (non-hydrogen) atoms. The fourth-order valence-electron chi connectivity index (χ4n) is 3.13. The van der Waals surface area contributed by atoms with Gasteiger partial charge >= 0.3 is 0 Å². The molecule has 0 radical (unpaired) electrons. The van der Waals surface area contributed by atoms with E-state index in [-0.39, 0.29) is 11.9 Å². The third-order valence-corrected chi connectivity index (χ3v) is 4.39. The van der Waals surface area contributed by atoms with Gasteiger partial charge < -0.3 is 9.84 Å². The summed E-state index contributed by atoms with van der Waals surface area (Å²) >= 11 is 0. The summed E-state index contributed by atoms with van der Waals surface area (Å²) in [5.74, 6) is 1.14. The van der Waals surface area contributed by atoms with Crippen LogP contribution in [0, 0.1) is 6.92 Å². The van der Waals surface area contributed by atoms with Gasteiger partial charge in [0.05, 0.1) is 6.04 Å². The molecule has 1 atom stereocenters. The monoisotopic (exact) mass is 325 g/mol. The number of hydrogen-bond donors (Lipinski definition) is 1. The van der Waals surface area contributed by atoms with Gasteiger partial charge in [0.25, 0.3) is 0 Å². The Kier molecular flexibility index (Phi) is 5.11. The third kappa shape index (κ3) is 3.74. The third-order valence-electron chi connectivity index (χ3n) is 4.39. The van der Waals surface area contributed by atoms with Crippen LogP contribution in [-0.2, 0) is 4.79 Å². The number of benzene rings is 1. The predicted octanol–water partition coefficient (Wildman–Crippen LogP) is 3.49. The lowest BCUT2D eigenvalue weighted by Gasteiger charge is -2.32. The van der Waals surface area contributed by atoms with Crippen molar-refractivity contribution in [3.63, 3.8) is 0 Å². The Morgan fingerprint density at radius 3 is 2.75 bits per heavy atom. The number of nitrogens with one attached hydrogen (secondary N) is 1. The van der Waals surface area contributed by atoms with Crippen molar-refractivity contribution in [1.29, 1.82) is 0 Å². The number of aryl methyl sites for hydroxylation is 1. The van der Waals surface area contributed by atoms with Gasteiger partial charge in [0.15, 0.2) is 5.82 Å². The maximum Gasteiger partial charge on any atom is 0.242 e. The molecule has 5 nitrogen and oxygen atoms in total. The number of amides is 1. The van der Waals surface area contributed by atoms with E-state index in [9.17, 15) is 4.79 Å². The standard InChI is InChI=1S/C19H23N3O2/c1-3-17(19(23)20-18-13-14(2)24-21-18)22-11-9-16(10-12-22)15-7-5-4-6-8-15/h4-9,13,17H,3,10-12H2,1-2H3,(H,20,21,23). The van der Waals surface area contributed by atoms with E-state index < -0.39 is 0 Å². The van der Waals surface area contributed by atoms with Crippen LogP contribution in [0.1, 0.15) is 31.1 Å². The van der Waals surface area contributed by atoms with Crippen LogP contribution in [0.25, 0.3) is 5.57 Å². The van der Waals surface area contributed by atoms with Crippen molar-refractivity contribution < 1.29 is 9.32 Å². The number of rotatable bonds is 5. The molecule has 1 amide bonds. The fourth-order valence-corrected chi connectivity index (χ4v) is 3.13. The molecule has 1 aliphatic heterocycles. The van der Waals surface area contributed by atoms with Gasteiger partial charge in [-0.15, -0.1) is 0 Å². The summed E-state index contributed by atoms with van der Waals surface area (Å²) in [7, 11) is 0. The first-order chi connectivity index (χ1) is 11.7. The summed E-state index contributed by atoms with van der Waals surface area (Å²) < 4.78 is 5.00. The van der Waals surface area contributed by atoms with Crippen LogP contribution in [0.3, 0.4) is 0 Å². The lowest BCUT2D eigenvalue weighted by atomic mass is 9.98. The molecule has 3 rings (SSSR count). The molecule has 1 unspecified atom stereocenters. The minimum atomic E-state index is -0.157. The van der Waals surface area contributed by atoms with Crippen molar-refractivity contribution in [2.24, 2.45) is 0 Å². The highest BCUT2D eigenvalue weighted by molar-refractivity contribution is 5.94. The highest BCUT2D eigenvalue weighted by atomic mass is 16.5. The SMILES string of the molecule is CCC(C(=O)Nc1cc(C)on1)N1CC=C(c2ccccc2)CC1. The molecule has 2 heterocycles. The molecule has 0 bridgehead atoms. The topological polar surface area (TPSA) is 58.4 Å². The molecule has 1 N–H and O–H groups in total. The second-order valence-corrected chi connectivity index (χ2v) is 6.08. The van der Waals surface area contributed by atoms with E-state index in [0.717, 1.165) is 25.9 Å². The molecular weight excluding hydrogens is 302 g/mol. The molecule has 1 aromatic carbocycles. The molecular formula is C19H23N3O2. The van der Waals surface area contributed by atoms with Crippen LogP contribution in [0.2, 0.25) is 0 Å². The largest absolute Gasteiger partial charge is 0.360 e. The predicted molar refractivity (Wildman–Crippen MR) is 94.6 cm³/mol. The lowest BCUT2D eigenvalue weighted by Crippen LogP contribution is -2.45. The van der Waals surface area contributed by atoms with Crippen LogP contribution >= 0.6 is 0 Å². The van der Waals surface area contributed by atoms with Crippen molar-refractivity contribution in [2.75, 3.05) is 18.4 Å². The fraction of sp³-hybridized carbons (Fsp3) is 0.368. The Balaban J connectivity index is 1.64. The zero-order valence-electron chi connectivity index (χ0n) is 14.2. The minimum absolute atomic E-state index is 0.0256. The van der Waals surface area contributed by atoms with Crippen molar-refractivity contribution in [2.45, 2.75) is 32.7 Å². The number of carbonyl (C=O) groups is 1. The quantitative estimate of drug-likeness (QED) is 0.914. The van der Waals surface area contributed by atoms with Gasteiger partial charge in [0, 0.05) is 19.2 Å². The summed E-state index contributed by atoms with van der Waals surface area (Å²) in [6.07, 6.45) is 3.95. The van der Waals surface area contributed by atoms with Crippen LogP contribution in [-0.4, -0.2) is 35.1 Å². The molecule has 0 spiro atoms. The number of aromatic nitrogens is 1. The maximum absolute atomic E-state index is 12.5. The van der Waals surface area contributed by atoms with Crippen LogP contribution in [0.15, 0.2) is 47.0 Å².